The number of oxazole rings is 2. The molecule has 13 nitrogen and oxygen atoms in total. The van der Waals surface area contributed by atoms with Crippen LogP contribution in [0.25, 0.3) is 277 Å². The molecule has 13 heteroatoms. The van der Waals surface area contributed by atoms with Crippen LogP contribution in [0.5, 0.6) is 0 Å². The number of hydrogen-bond donors (Lipinski definition) is 0. The summed E-state index contributed by atoms with van der Waals surface area (Å²) in [5.74, 6) is 4.51. The minimum absolute atomic E-state index is 0.641. The molecular formula is C133H83N11O2. The number of hydrogen-bond acceptors (Lipinski definition) is 9. The molecule has 30 rings (SSSR count). The van der Waals surface area contributed by atoms with Gasteiger partial charge in [-0.15, -0.1) is 20.4 Å². The molecule has 6 aromatic heterocycles. The fourth-order valence-electron chi connectivity index (χ4n) is 21.4. The molecule has 6 heterocycles. The second-order valence-corrected chi connectivity index (χ2v) is 37.4. The van der Waals surface area contributed by atoms with E-state index in [-0.39, 0.29) is 0 Å². The van der Waals surface area contributed by atoms with Crippen molar-refractivity contribution in [3.8, 4) is 158 Å². The van der Waals surface area contributed by atoms with Crippen LogP contribution < -0.4 is 0 Å². The van der Waals surface area contributed by atoms with Crippen molar-refractivity contribution in [3.63, 3.8) is 0 Å². The average Bonchev–Trinajstić information content (AvgIpc) is 0.927. The van der Waals surface area contributed by atoms with Crippen molar-refractivity contribution in [2.45, 2.75) is 0 Å². The minimum atomic E-state index is 0.641. The van der Waals surface area contributed by atoms with Gasteiger partial charge in [-0.25, -0.2) is 15.0 Å². The molecule has 0 aliphatic carbocycles. The summed E-state index contributed by atoms with van der Waals surface area (Å²) < 4.78 is 20.4. The first-order chi connectivity index (χ1) is 72.3. The maximum atomic E-state index is 5.99. The maximum absolute atomic E-state index is 5.99. The third kappa shape index (κ3) is 15.2. The summed E-state index contributed by atoms with van der Waals surface area (Å²) in [7, 11) is 0. The van der Waals surface area contributed by atoms with Gasteiger partial charge in [-0.05, 0) is 346 Å². The lowest BCUT2D eigenvalue weighted by atomic mass is 9.89. The third-order valence-electron chi connectivity index (χ3n) is 28.6. The van der Waals surface area contributed by atoms with Crippen LogP contribution in [-0.4, -0.2) is 53.6 Å². The first-order valence-electron chi connectivity index (χ1n) is 49.0. The van der Waals surface area contributed by atoms with E-state index in [4.69, 9.17) is 19.0 Å². The molecule has 0 saturated carbocycles. The summed E-state index contributed by atoms with van der Waals surface area (Å²) in [5, 5.41) is 41.6. The van der Waals surface area contributed by atoms with E-state index in [0.717, 1.165) is 118 Å². The predicted molar refractivity (Wildman–Crippen MR) is 597 cm³/mol. The molecule has 0 aliphatic heterocycles. The van der Waals surface area contributed by atoms with Gasteiger partial charge in [-0.3, -0.25) is 9.13 Å². The van der Waals surface area contributed by atoms with Crippen LogP contribution >= 0.6 is 0 Å². The molecule has 24 aromatic carbocycles. The highest BCUT2D eigenvalue weighted by Crippen LogP contribution is 2.47. The van der Waals surface area contributed by atoms with Crippen molar-refractivity contribution in [1.29, 1.82) is 0 Å². The van der Waals surface area contributed by atoms with E-state index in [1.807, 2.05) is 138 Å². The molecule has 0 amide bonds. The molecule has 0 fully saturated rings. The first kappa shape index (κ1) is 84.2. The number of imidazole rings is 1. The fourth-order valence-corrected chi connectivity index (χ4v) is 21.4. The quantitative estimate of drug-likeness (QED) is 0.0866. The van der Waals surface area contributed by atoms with Gasteiger partial charge < -0.3 is 18.0 Å². The molecule has 0 spiro atoms. The highest BCUT2D eigenvalue weighted by Gasteiger charge is 2.24. The van der Waals surface area contributed by atoms with Crippen LogP contribution in [0.15, 0.2) is 513 Å². The number of aromatic nitrogens is 11. The number of nitrogens with zero attached hydrogens (tertiary/aromatic N) is 11. The van der Waals surface area contributed by atoms with Gasteiger partial charge in [0.2, 0.25) is 11.8 Å². The second kappa shape index (κ2) is 35.2. The van der Waals surface area contributed by atoms with Crippen LogP contribution in [0.1, 0.15) is 0 Å². The lowest BCUT2D eigenvalue weighted by Crippen LogP contribution is -2.00. The Bertz CT molecular complexity index is 9260. The van der Waals surface area contributed by atoms with Gasteiger partial charge in [0.1, 0.15) is 11.0 Å². The average molecular weight is 1870 g/mol. The Morgan fingerprint density at radius 1 is 0.171 bits per heavy atom. The highest BCUT2D eigenvalue weighted by molar-refractivity contribution is 6.27. The highest BCUT2D eigenvalue weighted by atomic mass is 16.4. The number of fused-ring (bicyclic) bond motifs is 2. The lowest BCUT2D eigenvalue weighted by Gasteiger charge is -2.15. The zero-order chi connectivity index (χ0) is 96.2. The van der Waals surface area contributed by atoms with E-state index in [1.165, 1.54) is 147 Å². The predicted octanol–water partition coefficient (Wildman–Crippen LogP) is 34.2. The zero-order valence-electron chi connectivity index (χ0n) is 78.7. The molecule has 146 heavy (non-hydrogen) atoms. The normalized spacial score (nSPS) is 11.7. The minimum Gasteiger partial charge on any atom is -0.436 e. The Labute approximate surface area is 838 Å². The summed E-state index contributed by atoms with van der Waals surface area (Å²) in [6.07, 6.45) is 9.74. The molecule has 0 N–H and O–H groups in total. The van der Waals surface area contributed by atoms with Gasteiger partial charge in [0, 0.05) is 80.9 Å². The largest absolute Gasteiger partial charge is 0.436 e. The van der Waals surface area contributed by atoms with E-state index in [0.29, 0.717) is 11.8 Å². The topological polar surface area (TPSA) is 136 Å². The number of rotatable bonds is 16. The maximum Gasteiger partial charge on any atom is 0.227 e. The van der Waals surface area contributed by atoms with Crippen LogP contribution in [-0.2, 0) is 0 Å². The lowest BCUT2D eigenvalue weighted by molar-refractivity contribution is 0.619. The van der Waals surface area contributed by atoms with Crippen LogP contribution in [0.4, 0.5) is 0 Å². The van der Waals surface area contributed by atoms with Gasteiger partial charge in [0.15, 0.2) is 34.5 Å². The molecular weight excluding hydrogens is 1780 g/mol. The van der Waals surface area contributed by atoms with Crippen molar-refractivity contribution in [2.24, 2.45) is 0 Å². The van der Waals surface area contributed by atoms with Crippen molar-refractivity contribution >= 4 is 119 Å². The van der Waals surface area contributed by atoms with Crippen molar-refractivity contribution < 1.29 is 8.83 Å². The van der Waals surface area contributed by atoms with Gasteiger partial charge >= 0.3 is 0 Å². The Morgan fingerprint density at radius 2 is 0.404 bits per heavy atom. The second-order valence-electron chi connectivity index (χ2n) is 37.4. The SMILES string of the molecule is c1ccc(-c2nnc(-c3ccc(-c4cc5ccc6cc(-c7ccc(-c8nnc(-c9ccccc9)n8-c8ccccc8)cc7)cc7ccc(c4)c5c67)cc3)n2-c2ccccc2)cc1.c1ccc2oc(-c3ccc(-c4cc5ccc6cc(-c7ccc(-c8nc9ccccc9o8)cc7)cc7ccc(c4)c5c67)cc3)nc2c1.c1ccn(-c2ccc(-c3cc4ccc5cc(-c6ccc(-n7ccnc7)cc6)cc6ccc(c3)c4c56)cc2)c1. The van der Waals surface area contributed by atoms with Gasteiger partial charge in [-0.2, -0.15) is 0 Å². The van der Waals surface area contributed by atoms with Gasteiger partial charge in [0.05, 0.1) is 6.33 Å². The van der Waals surface area contributed by atoms with E-state index in [1.54, 1.807) is 6.20 Å². The summed E-state index contributed by atoms with van der Waals surface area (Å²) in [6.45, 7) is 0. The first-order valence-corrected chi connectivity index (χ1v) is 49.0. The molecule has 0 saturated heterocycles. The van der Waals surface area contributed by atoms with Crippen LogP contribution in [0, 0.1) is 0 Å². The van der Waals surface area contributed by atoms with Gasteiger partial charge in [-0.1, -0.05) is 291 Å². The molecule has 682 valence electrons. The Morgan fingerprint density at radius 3 is 0.671 bits per heavy atom. The van der Waals surface area contributed by atoms with Gasteiger partial charge in [0.25, 0.3) is 0 Å². The zero-order valence-corrected chi connectivity index (χ0v) is 78.7. The Kier molecular flexibility index (Phi) is 20.3. The summed E-state index contributed by atoms with van der Waals surface area (Å²) >= 11 is 0. The molecule has 30 aromatic rings. The Balaban J connectivity index is 0.000000110. The Hall–Kier alpha value is -19.9. The molecule has 0 radical (unpaired) electrons. The van der Waals surface area contributed by atoms with Crippen molar-refractivity contribution in [2.75, 3.05) is 0 Å². The van der Waals surface area contributed by atoms with Crippen LogP contribution in [0.2, 0.25) is 0 Å². The van der Waals surface area contributed by atoms with E-state index in [9.17, 15) is 0 Å². The summed E-state index contributed by atoms with van der Waals surface area (Å²) in [4.78, 5) is 13.5. The summed E-state index contributed by atoms with van der Waals surface area (Å²) in [5.41, 5.74) is 27.9. The molecule has 0 aliphatic rings. The number of para-hydroxylation sites is 6. The van der Waals surface area contributed by atoms with E-state index < -0.39 is 0 Å². The smallest absolute Gasteiger partial charge is 0.227 e. The monoisotopic (exact) mass is 1870 g/mol. The molecule has 0 atom stereocenters. The molecule has 0 bridgehead atoms. The van der Waals surface area contributed by atoms with E-state index in [2.05, 4.69) is 403 Å². The summed E-state index contributed by atoms with van der Waals surface area (Å²) in [6, 6.07) is 168. The van der Waals surface area contributed by atoms with Crippen molar-refractivity contribution in [3.05, 3.63) is 504 Å². The van der Waals surface area contributed by atoms with Crippen LogP contribution in [0.3, 0.4) is 0 Å². The standard InChI is InChI=1S/C56H36N6.C42H24N2O2.C35H23N3/c1-5-13-39(14-6-1)53-57-59-55(61(53)49-17-9-3-10-18-49)41-25-21-37(22-26-41)47-33-43-29-31-45-35-48(36-46-32-30-44(34-47)51(43)52(45)46)38-23-27-42(28-24-38)56-60-58-54(40-15-7-2-8-16-40)62(56)50-19-11-4-12-20-50;1-3-7-37-35(5-1)43-41(45-37)27-13-9-25(10-14-27)33-21-29-17-19-31-23-34(24-32-20-18-30(22-33)39(29)40(31)32)26-11-15-28(16-12-26)42-44-36-6-2-4-8-38(36)46-42;1-2-17-37(16-1)32-11-7-24(8-12-32)30-19-26-3-5-28-21-31(22-29-6-4-27(20-30)34(26)35(28)29)25-9-13-33(14-10-25)38-18-15-36-23-38/h1-36H;1-24H;1-23H. The third-order valence-corrected chi connectivity index (χ3v) is 28.6. The van der Waals surface area contributed by atoms with Crippen molar-refractivity contribution in [1.82, 2.24) is 53.6 Å². The fraction of sp³-hybridized carbons (Fsp3) is 0. The number of benzene rings is 24. The molecule has 0 unspecified atom stereocenters. The van der Waals surface area contributed by atoms with E-state index >= 15 is 0 Å².